The van der Waals surface area contributed by atoms with Crippen LogP contribution in [-0.2, 0) is 9.47 Å². The molecule has 3 fully saturated rings. The number of aromatic nitrogens is 4. The Balaban J connectivity index is 0.964. The molecular weight excluding hydrogens is 613 g/mol. The van der Waals surface area contributed by atoms with Gasteiger partial charge in [0.1, 0.15) is 11.4 Å². The summed E-state index contributed by atoms with van der Waals surface area (Å²) in [5, 5.41) is 22.6. The number of nitrogen functional groups attached to an aromatic ring is 1. The van der Waals surface area contributed by atoms with Crippen LogP contribution in [0, 0.1) is 23.7 Å². The second-order valence-corrected chi connectivity index (χ2v) is 14.3. The van der Waals surface area contributed by atoms with Gasteiger partial charge in [0.05, 0.1) is 41.3 Å². The maximum Gasteiger partial charge on any atom is 0.410 e. The van der Waals surface area contributed by atoms with E-state index in [2.05, 4.69) is 32.0 Å². The van der Waals surface area contributed by atoms with E-state index in [4.69, 9.17) is 15.2 Å². The molecular formula is C36H46FN7O4. The highest BCUT2D eigenvalue weighted by molar-refractivity contribution is 5.69. The highest BCUT2D eigenvalue weighted by Crippen LogP contribution is 2.36. The van der Waals surface area contributed by atoms with Crippen molar-refractivity contribution in [3.05, 3.63) is 53.6 Å². The van der Waals surface area contributed by atoms with E-state index < -0.39 is 11.5 Å². The summed E-state index contributed by atoms with van der Waals surface area (Å²) in [4.78, 5) is 16.7. The zero-order valence-electron chi connectivity index (χ0n) is 28.2. The Bertz CT molecular complexity index is 1660. The molecule has 0 radical (unpaired) electrons. The Labute approximate surface area is 281 Å². The van der Waals surface area contributed by atoms with E-state index in [1.165, 1.54) is 10.9 Å². The number of para-hydroxylation sites is 1. The monoisotopic (exact) mass is 659 g/mol. The highest BCUT2D eigenvalue weighted by Gasteiger charge is 2.39. The predicted octanol–water partition coefficient (Wildman–Crippen LogP) is 5.39. The number of amides is 1. The zero-order chi connectivity index (χ0) is 34.0. The van der Waals surface area contributed by atoms with E-state index in [0.717, 1.165) is 51.6 Å². The van der Waals surface area contributed by atoms with Gasteiger partial charge in [0.25, 0.3) is 0 Å². The van der Waals surface area contributed by atoms with Gasteiger partial charge in [-0.2, -0.15) is 9.49 Å². The number of hydrogen-bond acceptors (Lipinski definition) is 9. The number of likely N-dealkylation sites (tertiary alicyclic amines) is 2. The molecule has 11 nitrogen and oxygen atoms in total. The molecule has 3 aromatic rings. The minimum Gasteiger partial charge on any atom is -0.507 e. The van der Waals surface area contributed by atoms with Crippen molar-refractivity contribution in [3.63, 3.8) is 0 Å². The van der Waals surface area contributed by atoms with E-state index in [1.54, 1.807) is 35.2 Å². The summed E-state index contributed by atoms with van der Waals surface area (Å²) in [5.74, 6) is 5.82. The first-order valence-corrected chi connectivity index (χ1v) is 17.0. The molecule has 1 aliphatic carbocycles. The third-order valence-electron chi connectivity index (χ3n) is 9.78. The van der Waals surface area contributed by atoms with Gasteiger partial charge in [0, 0.05) is 24.7 Å². The van der Waals surface area contributed by atoms with Gasteiger partial charge in [0.2, 0.25) is 5.95 Å². The van der Waals surface area contributed by atoms with Gasteiger partial charge in [-0.25, -0.2) is 9.48 Å². The Hall–Kier alpha value is -4.21. The number of hydrogen-bond donors (Lipinski definition) is 2. The second-order valence-electron chi connectivity index (χ2n) is 14.3. The number of aromatic hydroxyl groups is 1. The van der Waals surface area contributed by atoms with Crippen LogP contribution in [0.5, 0.6) is 5.75 Å². The van der Waals surface area contributed by atoms with Crippen molar-refractivity contribution in [2.45, 2.75) is 96.1 Å². The summed E-state index contributed by atoms with van der Waals surface area (Å²) in [6, 6.07) is 8.85. The summed E-state index contributed by atoms with van der Waals surface area (Å²) in [6.07, 6.45) is 7.39. The van der Waals surface area contributed by atoms with Crippen LogP contribution in [0.4, 0.5) is 15.0 Å². The molecule has 1 atom stereocenters. The molecule has 3 N–H and O–H groups in total. The Morgan fingerprint density at radius 1 is 1.02 bits per heavy atom. The van der Waals surface area contributed by atoms with Gasteiger partial charge in [-0.1, -0.05) is 24.0 Å². The van der Waals surface area contributed by atoms with Gasteiger partial charge in [0.15, 0.2) is 5.82 Å². The number of rotatable bonds is 6. The maximum absolute atomic E-state index is 15.5. The van der Waals surface area contributed by atoms with E-state index >= 15 is 4.39 Å². The van der Waals surface area contributed by atoms with Crippen LogP contribution in [0.2, 0.25) is 0 Å². The fourth-order valence-corrected chi connectivity index (χ4v) is 6.86. The minimum absolute atomic E-state index is 0.0685. The van der Waals surface area contributed by atoms with Crippen molar-refractivity contribution in [3.8, 4) is 28.8 Å². The van der Waals surface area contributed by atoms with E-state index in [0.29, 0.717) is 41.9 Å². The maximum atomic E-state index is 15.5. The SMILES string of the molecule is CC(C1CCN(C2CC(OC3CCN(C(=O)OC(C)(C)C)CC3)C2)CC1)n1ncc(C#Cc2cc(-c3ccccc3O)nnc2N)c1F. The smallest absolute Gasteiger partial charge is 0.410 e. The molecule has 4 heterocycles. The average molecular weight is 660 g/mol. The molecule has 1 saturated carbocycles. The summed E-state index contributed by atoms with van der Waals surface area (Å²) >= 11 is 0. The van der Waals surface area contributed by atoms with Crippen molar-refractivity contribution in [2.75, 3.05) is 31.9 Å². The van der Waals surface area contributed by atoms with E-state index in [-0.39, 0.29) is 41.5 Å². The number of piperidine rings is 2. The third kappa shape index (κ3) is 7.74. The molecule has 0 spiro atoms. The Kier molecular flexibility index (Phi) is 9.90. The quantitative estimate of drug-likeness (QED) is 0.335. The van der Waals surface area contributed by atoms with Crippen molar-refractivity contribution in [1.29, 1.82) is 0 Å². The van der Waals surface area contributed by atoms with Crippen LogP contribution < -0.4 is 5.73 Å². The van der Waals surface area contributed by atoms with Crippen LogP contribution in [-0.4, -0.2) is 91.0 Å². The van der Waals surface area contributed by atoms with Crippen molar-refractivity contribution in [2.24, 2.45) is 5.92 Å². The summed E-state index contributed by atoms with van der Waals surface area (Å²) in [5.41, 5.74) is 7.03. The molecule has 2 aromatic heterocycles. The number of anilines is 1. The summed E-state index contributed by atoms with van der Waals surface area (Å²) in [6.45, 7) is 11.0. The number of nitrogens with zero attached hydrogens (tertiary/aromatic N) is 6. The average Bonchev–Trinajstić information content (AvgIpc) is 3.41. The molecule has 2 saturated heterocycles. The van der Waals surface area contributed by atoms with Gasteiger partial charge >= 0.3 is 6.09 Å². The van der Waals surface area contributed by atoms with Crippen LogP contribution in [0.1, 0.15) is 83.4 Å². The number of carbonyl (C=O) groups excluding carboxylic acids is 1. The topological polar surface area (TPSA) is 132 Å². The number of ether oxygens (including phenoxy) is 2. The number of benzene rings is 1. The molecule has 1 amide bonds. The lowest BCUT2D eigenvalue weighted by Gasteiger charge is -2.47. The molecule has 0 bridgehead atoms. The lowest BCUT2D eigenvalue weighted by atomic mass is 9.83. The normalized spacial score (nSPS) is 21.6. The van der Waals surface area contributed by atoms with Gasteiger partial charge in [-0.05, 0) is 103 Å². The lowest BCUT2D eigenvalue weighted by Crippen LogP contribution is -2.52. The van der Waals surface area contributed by atoms with Crippen LogP contribution in [0.25, 0.3) is 11.3 Å². The van der Waals surface area contributed by atoms with Crippen LogP contribution in [0.3, 0.4) is 0 Å². The number of phenols is 1. The first-order chi connectivity index (χ1) is 22.9. The number of nitrogens with two attached hydrogens (primary N) is 1. The Morgan fingerprint density at radius 2 is 1.71 bits per heavy atom. The zero-order valence-corrected chi connectivity index (χ0v) is 28.2. The third-order valence-corrected chi connectivity index (χ3v) is 9.78. The highest BCUT2D eigenvalue weighted by atomic mass is 19.1. The molecule has 256 valence electrons. The van der Waals surface area contributed by atoms with Crippen molar-refractivity contribution >= 4 is 11.9 Å². The van der Waals surface area contributed by atoms with E-state index in [1.807, 2.05) is 27.7 Å². The number of carbonyl (C=O) groups is 1. The minimum atomic E-state index is -0.483. The second kappa shape index (κ2) is 14.1. The standard InChI is InChI=1S/C36H46FN7O4/c1-23(44-33(37)26(22-39-44)10-9-25-19-31(40-41-34(25)38)30-7-5-6-8-32(30)45)24-11-15-42(16-12-24)27-20-29(21-27)47-28-13-17-43(18-14-28)35(46)48-36(2,3)4/h5-8,19,22-24,27-29,45H,11-18,20-21H2,1-4H3,(H2,38,41). The summed E-state index contributed by atoms with van der Waals surface area (Å²) in [7, 11) is 0. The van der Waals surface area contributed by atoms with Crippen molar-refractivity contribution < 1.29 is 23.8 Å². The first kappa shape index (κ1) is 33.7. The van der Waals surface area contributed by atoms with Crippen molar-refractivity contribution in [1.82, 2.24) is 29.8 Å². The summed E-state index contributed by atoms with van der Waals surface area (Å²) < 4.78 is 28.9. The molecule has 12 heteroatoms. The molecule has 48 heavy (non-hydrogen) atoms. The molecule has 2 aliphatic heterocycles. The molecule has 1 unspecified atom stereocenters. The molecule has 1 aromatic carbocycles. The van der Waals surface area contributed by atoms with E-state index in [9.17, 15) is 9.90 Å². The first-order valence-electron chi connectivity index (χ1n) is 17.0. The fraction of sp³-hybridized carbons (Fsp3) is 0.556. The molecule has 6 rings (SSSR count). The van der Waals surface area contributed by atoms with Gasteiger partial charge in [-0.3, -0.25) is 0 Å². The number of halogens is 1. The fourth-order valence-electron chi connectivity index (χ4n) is 6.86. The van der Waals surface area contributed by atoms with Crippen LogP contribution >= 0.6 is 0 Å². The largest absolute Gasteiger partial charge is 0.507 e. The molecule has 3 aliphatic rings. The lowest BCUT2D eigenvalue weighted by molar-refractivity contribution is -0.107. The van der Waals surface area contributed by atoms with Gasteiger partial charge < -0.3 is 30.1 Å². The predicted molar refractivity (Wildman–Crippen MR) is 179 cm³/mol. The Morgan fingerprint density at radius 3 is 2.40 bits per heavy atom. The number of phenolic OH excluding ortho intramolecular Hbond substituents is 1. The van der Waals surface area contributed by atoms with Gasteiger partial charge in [-0.15, -0.1) is 10.2 Å². The van der Waals surface area contributed by atoms with Crippen LogP contribution in [0.15, 0.2) is 36.5 Å².